The molecule has 0 fully saturated rings. The van der Waals surface area contributed by atoms with E-state index < -0.39 is 30.6 Å². The molecule has 0 bridgehead atoms. The van der Waals surface area contributed by atoms with Crippen molar-refractivity contribution in [2.24, 2.45) is 5.16 Å². The van der Waals surface area contributed by atoms with Crippen molar-refractivity contribution in [3.05, 3.63) is 29.8 Å². The second-order valence-corrected chi connectivity index (χ2v) is 4.22. The molecule has 6 nitrogen and oxygen atoms in total. The van der Waals surface area contributed by atoms with Crippen molar-refractivity contribution in [3.63, 3.8) is 0 Å². The van der Waals surface area contributed by atoms with E-state index in [0.29, 0.717) is 17.5 Å². The number of aliphatic carboxylic acids is 1. The summed E-state index contributed by atoms with van der Waals surface area (Å²) in [6, 6.07) is 5.76. The smallest absolute Gasteiger partial charge is 0.310 e. The lowest BCUT2D eigenvalue weighted by molar-refractivity contribution is -0.139. The van der Waals surface area contributed by atoms with Gasteiger partial charge in [0.2, 0.25) is 6.43 Å². The third-order valence-electron chi connectivity index (χ3n) is 2.73. The summed E-state index contributed by atoms with van der Waals surface area (Å²) in [7, 11) is 0. The van der Waals surface area contributed by atoms with Crippen molar-refractivity contribution in [3.8, 4) is 0 Å². The largest absolute Gasteiger partial charge is 0.481 e. The fourth-order valence-corrected chi connectivity index (χ4v) is 1.75. The summed E-state index contributed by atoms with van der Waals surface area (Å²) >= 11 is 0. The van der Waals surface area contributed by atoms with Crippen molar-refractivity contribution in [2.45, 2.75) is 25.2 Å². The van der Waals surface area contributed by atoms with E-state index in [0.717, 1.165) is 0 Å². The maximum Gasteiger partial charge on any atom is 0.310 e. The van der Waals surface area contributed by atoms with Gasteiger partial charge in [0.1, 0.15) is 6.21 Å². The number of amides is 1. The topological polar surface area (TPSA) is 99.0 Å². The maximum atomic E-state index is 12.2. The van der Waals surface area contributed by atoms with Gasteiger partial charge in [-0.1, -0.05) is 17.3 Å². The Labute approximate surface area is 119 Å². The number of rotatable bonds is 7. The zero-order valence-corrected chi connectivity index (χ0v) is 10.9. The van der Waals surface area contributed by atoms with Gasteiger partial charge in [-0.3, -0.25) is 9.59 Å². The molecule has 1 aromatic carbocycles. The number of carboxylic acids is 1. The lowest BCUT2D eigenvalue weighted by atomic mass is 9.94. The molecule has 0 aliphatic heterocycles. The van der Waals surface area contributed by atoms with Crippen LogP contribution in [-0.4, -0.2) is 34.8 Å². The van der Waals surface area contributed by atoms with Crippen LogP contribution in [0.2, 0.25) is 0 Å². The van der Waals surface area contributed by atoms with Crippen LogP contribution < -0.4 is 5.32 Å². The van der Waals surface area contributed by atoms with E-state index >= 15 is 0 Å². The summed E-state index contributed by atoms with van der Waals surface area (Å²) < 4.78 is 24.4. The van der Waals surface area contributed by atoms with Crippen LogP contribution in [0, 0.1) is 0 Å². The number of oxime groups is 1. The normalized spacial score (nSPS) is 12.5. The molecule has 0 saturated heterocycles. The first-order valence-electron chi connectivity index (χ1n) is 6.03. The molecule has 0 spiro atoms. The molecular weight excluding hydrogens is 286 g/mol. The minimum Gasteiger partial charge on any atom is -0.481 e. The van der Waals surface area contributed by atoms with Gasteiger partial charge in [-0.05, 0) is 24.1 Å². The first-order valence-corrected chi connectivity index (χ1v) is 6.03. The van der Waals surface area contributed by atoms with Crippen LogP contribution in [0.25, 0.3) is 0 Å². The summed E-state index contributed by atoms with van der Waals surface area (Å²) in [5.41, 5.74) is 0.735. The number of carboxylic acid groups (broad SMARTS) is 1. The third-order valence-corrected chi connectivity index (χ3v) is 2.73. The molecule has 8 heteroatoms. The Morgan fingerprint density at radius 2 is 1.86 bits per heavy atom. The average molecular weight is 300 g/mol. The first kappa shape index (κ1) is 16.5. The van der Waals surface area contributed by atoms with Crippen LogP contribution >= 0.6 is 0 Å². The minimum absolute atomic E-state index is 0.171. The molecule has 0 heterocycles. The highest BCUT2D eigenvalue weighted by Crippen LogP contribution is 2.24. The maximum absolute atomic E-state index is 12.2. The monoisotopic (exact) mass is 300 g/mol. The van der Waals surface area contributed by atoms with E-state index in [2.05, 4.69) is 10.5 Å². The zero-order valence-electron chi connectivity index (χ0n) is 10.9. The molecule has 21 heavy (non-hydrogen) atoms. The van der Waals surface area contributed by atoms with Crippen LogP contribution in [0.3, 0.4) is 0 Å². The van der Waals surface area contributed by atoms with Crippen LogP contribution in [0.15, 0.2) is 29.4 Å². The number of anilines is 1. The second-order valence-electron chi connectivity index (χ2n) is 4.22. The van der Waals surface area contributed by atoms with Gasteiger partial charge in [-0.15, -0.1) is 0 Å². The van der Waals surface area contributed by atoms with Gasteiger partial charge in [0.05, 0.1) is 5.92 Å². The average Bonchev–Trinajstić information content (AvgIpc) is 2.40. The Morgan fingerprint density at radius 3 is 2.33 bits per heavy atom. The highest BCUT2D eigenvalue weighted by molar-refractivity contribution is 6.31. The summed E-state index contributed by atoms with van der Waals surface area (Å²) in [6.45, 7) is 0. The molecule has 114 valence electrons. The van der Waals surface area contributed by atoms with Crippen LogP contribution in [0.1, 0.15) is 24.3 Å². The number of halogens is 2. The molecule has 0 saturated carbocycles. The lowest BCUT2D eigenvalue weighted by Crippen LogP contribution is -2.14. The van der Waals surface area contributed by atoms with Crippen molar-refractivity contribution in [1.29, 1.82) is 0 Å². The van der Waals surface area contributed by atoms with Gasteiger partial charge in [0.15, 0.2) is 0 Å². The van der Waals surface area contributed by atoms with Gasteiger partial charge in [0, 0.05) is 12.1 Å². The minimum atomic E-state index is -2.55. The molecule has 1 unspecified atom stereocenters. The van der Waals surface area contributed by atoms with Gasteiger partial charge in [0.25, 0.3) is 5.91 Å². The van der Waals surface area contributed by atoms with E-state index in [9.17, 15) is 18.4 Å². The zero-order chi connectivity index (χ0) is 15.8. The summed E-state index contributed by atoms with van der Waals surface area (Å²) in [6.07, 6.45) is -2.56. The molecule has 1 rings (SSSR count). The van der Waals surface area contributed by atoms with Crippen LogP contribution in [0.4, 0.5) is 14.5 Å². The molecule has 3 N–H and O–H groups in total. The quantitative estimate of drug-likeness (QED) is 0.409. The molecule has 0 radical (unpaired) electrons. The first-order chi connectivity index (χ1) is 9.93. The van der Waals surface area contributed by atoms with Crippen molar-refractivity contribution in [2.75, 3.05) is 5.32 Å². The number of hydrogen-bond acceptors (Lipinski definition) is 4. The highest BCUT2D eigenvalue weighted by atomic mass is 19.3. The molecule has 0 aromatic heterocycles. The number of hydrogen-bond donors (Lipinski definition) is 3. The van der Waals surface area contributed by atoms with Crippen molar-refractivity contribution >= 4 is 23.8 Å². The van der Waals surface area contributed by atoms with E-state index in [-0.39, 0.29) is 6.42 Å². The number of nitrogens with one attached hydrogen (secondary N) is 1. The molecule has 1 aromatic rings. The molecular formula is C13H14F2N2O4. The van der Waals surface area contributed by atoms with Gasteiger partial charge in [-0.25, -0.2) is 8.78 Å². The standard InChI is InChI=1S/C13H14F2N2O4/c14-11(15)6-5-10(13(19)20)8-1-3-9(4-2-8)17-12(18)7-16-21/h1-4,7,10-11,21H,5-6H2,(H,17,18)(H,19,20)/b16-7+. The van der Waals surface area contributed by atoms with Gasteiger partial charge < -0.3 is 15.6 Å². The molecule has 1 atom stereocenters. The predicted octanol–water partition coefficient (Wildman–Crippen LogP) is 2.30. The Hall–Kier alpha value is -2.51. The SMILES string of the molecule is O=C(/C=N/O)Nc1ccc(C(CCC(F)F)C(=O)O)cc1. The predicted molar refractivity (Wildman–Crippen MR) is 71.0 cm³/mol. The molecule has 0 aliphatic carbocycles. The summed E-state index contributed by atoms with van der Waals surface area (Å²) in [5, 5.41) is 22.2. The number of nitrogens with zero attached hydrogens (tertiary/aromatic N) is 1. The fraction of sp³-hybridized carbons (Fsp3) is 0.308. The summed E-state index contributed by atoms with van der Waals surface area (Å²) in [4.78, 5) is 22.2. The third kappa shape index (κ3) is 5.55. The van der Waals surface area contributed by atoms with E-state index in [1.807, 2.05) is 0 Å². The summed E-state index contributed by atoms with van der Waals surface area (Å²) in [5.74, 6) is -2.86. The van der Waals surface area contributed by atoms with Crippen LogP contribution in [-0.2, 0) is 9.59 Å². The van der Waals surface area contributed by atoms with Gasteiger partial charge in [-0.2, -0.15) is 0 Å². The lowest BCUT2D eigenvalue weighted by Gasteiger charge is -2.13. The number of carbonyl (C=O) groups excluding carboxylic acids is 1. The highest BCUT2D eigenvalue weighted by Gasteiger charge is 2.21. The number of alkyl halides is 2. The van der Waals surface area contributed by atoms with Crippen molar-refractivity contribution < 1.29 is 28.7 Å². The molecule has 0 aliphatic rings. The van der Waals surface area contributed by atoms with E-state index in [1.54, 1.807) is 0 Å². The van der Waals surface area contributed by atoms with Crippen molar-refractivity contribution in [1.82, 2.24) is 0 Å². The van der Waals surface area contributed by atoms with Gasteiger partial charge >= 0.3 is 5.97 Å². The molecule has 1 amide bonds. The van der Waals surface area contributed by atoms with E-state index in [4.69, 9.17) is 10.3 Å². The van der Waals surface area contributed by atoms with E-state index in [1.165, 1.54) is 24.3 Å². The Balaban J connectivity index is 2.78. The number of benzene rings is 1. The second kappa shape index (κ2) is 7.93. The fourth-order valence-electron chi connectivity index (χ4n) is 1.75. The number of carbonyl (C=O) groups is 2. The Bertz CT molecular complexity index is 517. The van der Waals surface area contributed by atoms with Crippen LogP contribution in [0.5, 0.6) is 0 Å². The Morgan fingerprint density at radius 1 is 1.24 bits per heavy atom. The Kier molecular flexibility index (Phi) is 6.25.